The molecule has 6 nitrogen and oxygen atoms in total. The Morgan fingerprint density at radius 1 is 1.38 bits per heavy atom. The maximum absolute atomic E-state index is 11.4. The first-order valence-electron chi connectivity index (χ1n) is 6.73. The summed E-state index contributed by atoms with van der Waals surface area (Å²) < 4.78 is 21.5. The molecule has 0 saturated carbocycles. The van der Waals surface area contributed by atoms with Crippen molar-refractivity contribution in [3.8, 4) is 0 Å². The van der Waals surface area contributed by atoms with E-state index in [1.54, 1.807) is 26.8 Å². The molecular weight excluding hydrogens is 344 g/mol. The van der Waals surface area contributed by atoms with Crippen molar-refractivity contribution in [1.29, 1.82) is 0 Å². The number of rotatable bonds is 6. The lowest BCUT2D eigenvalue weighted by Crippen LogP contribution is -2.39. The van der Waals surface area contributed by atoms with Gasteiger partial charge in [-0.25, -0.2) is 4.79 Å². The van der Waals surface area contributed by atoms with E-state index in [0.29, 0.717) is 11.9 Å². The first-order valence-corrected chi connectivity index (χ1v) is 7.85. The van der Waals surface area contributed by atoms with Gasteiger partial charge in [-0.3, -0.25) is 4.79 Å². The molecule has 0 N–H and O–H groups in total. The third-order valence-electron chi connectivity index (χ3n) is 2.71. The fourth-order valence-corrected chi connectivity index (χ4v) is 2.52. The van der Waals surface area contributed by atoms with Crippen LogP contribution < -0.4 is 0 Å². The third-order valence-corrected chi connectivity index (χ3v) is 3.35. The molecule has 0 aromatic heterocycles. The molecular formula is C14H21BrO6. The minimum atomic E-state index is -0.825. The summed E-state index contributed by atoms with van der Waals surface area (Å²) in [6.07, 6.45) is 1.34. The molecule has 0 radical (unpaired) electrons. The second-order valence-corrected chi connectivity index (χ2v) is 5.63. The van der Waals surface area contributed by atoms with Crippen LogP contribution in [0.25, 0.3) is 0 Å². The first kappa shape index (κ1) is 18.1. The van der Waals surface area contributed by atoms with Gasteiger partial charge in [0.15, 0.2) is 5.79 Å². The summed E-state index contributed by atoms with van der Waals surface area (Å²) in [5, 5.41) is 0.403. The molecule has 0 aromatic rings. The lowest BCUT2D eigenvalue weighted by Gasteiger charge is -2.23. The number of hydrogen-bond acceptors (Lipinski definition) is 6. The maximum atomic E-state index is 11.4. The van der Waals surface area contributed by atoms with Crippen LogP contribution in [0, 0.1) is 0 Å². The topological polar surface area (TPSA) is 71.1 Å². The van der Waals surface area contributed by atoms with Gasteiger partial charge in [-0.2, -0.15) is 0 Å². The molecule has 7 heteroatoms. The van der Waals surface area contributed by atoms with Crippen LogP contribution in [-0.2, 0) is 28.5 Å². The van der Waals surface area contributed by atoms with E-state index in [1.807, 2.05) is 0 Å². The number of alkyl halides is 1. The summed E-state index contributed by atoms with van der Waals surface area (Å²) in [4.78, 5) is 22.5. The van der Waals surface area contributed by atoms with E-state index in [4.69, 9.17) is 18.9 Å². The zero-order valence-corrected chi connectivity index (χ0v) is 14.2. The molecule has 0 spiro atoms. The molecule has 0 aromatic carbocycles. The van der Waals surface area contributed by atoms with Crippen molar-refractivity contribution in [3.63, 3.8) is 0 Å². The molecule has 0 aliphatic carbocycles. The molecule has 1 rings (SSSR count). The second-order valence-electron chi connectivity index (χ2n) is 4.98. The predicted molar refractivity (Wildman–Crippen MR) is 78.9 cm³/mol. The first-order chi connectivity index (χ1) is 9.79. The average molecular weight is 365 g/mol. The van der Waals surface area contributed by atoms with Crippen LogP contribution in [0.1, 0.15) is 27.7 Å². The number of carbonyl (C=O) groups excluding carboxylic acids is 2. The molecule has 1 aliphatic rings. The van der Waals surface area contributed by atoms with Gasteiger partial charge in [0.05, 0.1) is 6.61 Å². The van der Waals surface area contributed by atoms with Crippen LogP contribution >= 0.6 is 15.9 Å². The number of ether oxygens (including phenoxy) is 4. The van der Waals surface area contributed by atoms with E-state index in [-0.39, 0.29) is 0 Å². The van der Waals surface area contributed by atoms with E-state index < -0.39 is 36.0 Å². The average Bonchev–Trinajstić information content (AvgIpc) is 2.69. The van der Waals surface area contributed by atoms with Crippen LogP contribution in [0.2, 0.25) is 0 Å². The van der Waals surface area contributed by atoms with Gasteiger partial charge in [-0.1, -0.05) is 15.9 Å². The fraction of sp³-hybridized carbons (Fsp3) is 0.714. The molecule has 3 atom stereocenters. The van der Waals surface area contributed by atoms with Crippen LogP contribution in [0.5, 0.6) is 0 Å². The minimum absolute atomic E-state index is 0.303. The predicted octanol–water partition coefficient (Wildman–Crippen LogP) is 1.95. The summed E-state index contributed by atoms with van der Waals surface area (Å²) in [6, 6.07) is 0. The molecule has 0 bridgehead atoms. The second kappa shape index (κ2) is 7.91. The lowest BCUT2D eigenvalue weighted by atomic mass is 10.1. The van der Waals surface area contributed by atoms with Crippen molar-refractivity contribution in [2.75, 3.05) is 11.9 Å². The van der Waals surface area contributed by atoms with Crippen molar-refractivity contribution in [3.05, 3.63) is 12.2 Å². The van der Waals surface area contributed by atoms with Crippen LogP contribution in [0.15, 0.2) is 12.2 Å². The zero-order chi connectivity index (χ0) is 16.0. The van der Waals surface area contributed by atoms with Crippen LogP contribution in [0.3, 0.4) is 0 Å². The highest BCUT2D eigenvalue weighted by Crippen LogP contribution is 2.32. The van der Waals surface area contributed by atoms with Gasteiger partial charge >= 0.3 is 11.9 Å². The minimum Gasteiger partial charge on any atom is -0.463 e. The number of halogens is 1. The van der Waals surface area contributed by atoms with Gasteiger partial charge in [0.1, 0.15) is 18.3 Å². The lowest BCUT2D eigenvalue weighted by molar-refractivity contribution is -0.166. The molecule has 1 aliphatic heterocycles. The maximum Gasteiger partial charge on any atom is 0.330 e. The van der Waals surface area contributed by atoms with E-state index in [0.717, 1.165) is 0 Å². The largest absolute Gasteiger partial charge is 0.463 e. The zero-order valence-electron chi connectivity index (χ0n) is 12.6. The smallest absolute Gasteiger partial charge is 0.330 e. The number of carbonyl (C=O) groups is 2. The standard InChI is InChI=1S/C14H21BrO6/c1-5-18-12(17)7-6-10-13(21-14(3,4)20-10)11(8-15)19-9(2)16/h6-7,10-11,13H,5,8H2,1-4H3/b7-6-/t10-,11+,13+/m0/s1. The Morgan fingerprint density at radius 2 is 2.05 bits per heavy atom. The van der Waals surface area contributed by atoms with Gasteiger partial charge in [0.25, 0.3) is 0 Å². The van der Waals surface area contributed by atoms with Crippen molar-refractivity contribution in [2.45, 2.75) is 51.8 Å². The highest BCUT2D eigenvalue weighted by atomic mass is 79.9. The number of esters is 2. The quantitative estimate of drug-likeness (QED) is 0.407. The fourth-order valence-electron chi connectivity index (χ4n) is 2.02. The highest BCUT2D eigenvalue weighted by Gasteiger charge is 2.45. The van der Waals surface area contributed by atoms with E-state index in [9.17, 15) is 9.59 Å². The van der Waals surface area contributed by atoms with Gasteiger partial charge in [-0.05, 0) is 26.8 Å². The summed E-state index contributed by atoms with van der Waals surface area (Å²) in [7, 11) is 0. The van der Waals surface area contributed by atoms with Crippen molar-refractivity contribution in [1.82, 2.24) is 0 Å². The van der Waals surface area contributed by atoms with Gasteiger partial charge < -0.3 is 18.9 Å². The molecule has 1 heterocycles. The summed E-state index contributed by atoms with van der Waals surface area (Å²) in [5.74, 6) is -1.68. The van der Waals surface area contributed by atoms with E-state index >= 15 is 0 Å². The van der Waals surface area contributed by atoms with E-state index in [1.165, 1.54) is 13.0 Å². The molecule has 0 amide bonds. The summed E-state index contributed by atoms with van der Waals surface area (Å²) >= 11 is 3.30. The summed E-state index contributed by atoms with van der Waals surface area (Å²) in [5.41, 5.74) is 0. The monoisotopic (exact) mass is 364 g/mol. The highest BCUT2D eigenvalue weighted by molar-refractivity contribution is 9.09. The van der Waals surface area contributed by atoms with Gasteiger partial charge in [-0.15, -0.1) is 0 Å². The van der Waals surface area contributed by atoms with Crippen molar-refractivity contribution in [2.24, 2.45) is 0 Å². The number of hydrogen-bond donors (Lipinski definition) is 0. The van der Waals surface area contributed by atoms with Crippen molar-refractivity contribution >= 4 is 27.9 Å². The van der Waals surface area contributed by atoms with E-state index in [2.05, 4.69) is 15.9 Å². The normalized spacial score (nSPS) is 25.8. The Labute approximate surface area is 132 Å². The molecule has 0 unspecified atom stereocenters. The molecule has 120 valence electrons. The van der Waals surface area contributed by atoms with Gasteiger partial charge in [0, 0.05) is 18.3 Å². The van der Waals surface area contributed by atoms with Crippen LogP contribution in [0.4, 0.5) is 0 Å². The Balaban J connectivity index is 2.82. The Morgan fingerprint density at radius 3 is 2.57 bits per heavy atom. The Bertz CT molecular complexity index is 406. The molecule has 21 heavy (non-hydrogen) atoms. The SMILES string of the molecule is CCOC(=O)/C=C\[C@@H]1OC(C)(C)O[C@H]1[C@@H](CBr)OC(C)=O. The van der Waals surface area contributed by atoms with Crippen LogP contribution in [-0.4, -0.2) is 48.0 Å². The van der Waals surface area contributed by atoms with Gasteiger partial charge in [0.2, 0.25) is 0 Å². The Hall–Kier alpha value is -0.920. The summed E-state index contributed by atoms with van der Waals surface area (Å²) in [6.45, 7) is 6.89. The molecule has 1 fully saturated rings. The third kappa shape index (κ3) is 5.76. The Kier molecular flexibility index (Phi) is 6.83. The molecule has 1 saturated heterocycles. The van der Waals surface area contributed by atoms with Crippen molar-refractivity contribution < 1.29 is 28.5 Å².